The van der Waals surface area contributed by atoms with Crippen LogP contribution in [0.15, 0.2) is 60.8 Å². The van der Waals surface area contributed by atoms with Gasteiger partial charge in [-0.15, -0.1) is 0 Å². The number of hydrogen-bond donors (Lipinski definition) is 2. The first-order valence-electron chi connectivity index (χ1n) is 8.12. The Morgan fingerprint density at radius 3 is 2.72 bits per heavy atom. The number of amides is 1. The van der Waals surface area contributed by atoms with Gasteiger partial charge in [0.2, 0.25) is 0 Å². The van der Waals surface area contributed by atoms with Gasteiger partial charge in [-0.2, -0.15) is 0 Å². The van der Waals surface area contributed by atoms with E-state index < -0.39 is 6.10 Å². The second kappa shape index (κ2) is 7.40. The van der Waals surface area contributed by atoms with Crippen molar-refractivity contribution in [3.63, 3.8) is 0 Å². The Hall–Kier alpha value is -2.79. The molecule has 3 aromatic rings. The van der Waals surface area contributed by atoms with Crippen LogP contribution >= 0.6 is 0 Å². The SMILES string of the molecule is CC(CC(O)c1ccc(F)cc1)NC(=O)c1ccc2ncccc2c1. The van der Waals surface area contributed by atoms with Crippen molar-refractivity contribution in [3.8, 4) is 0 Å². The average molecular weight is 338 g/mol. The third kappa shape index (κ3) is 4.19. The van der Waals surface area contributed by atoms with Crippen LogP contribution in [0.5, 0.6) is 0 Å². The van der Waals surface area contributed by atoms with Crippen molar-refractivity contribution in [2.45, 2.75) is 25.5 Å². The van der Waals surface area contributed by atoms with Crippen LogP contribution in [0.1, 0.15) is 35.4 Å². The number of halogens is 1. The molecule has 3 rings (SSSR count). The first kappa shape index (κ1) is 17.0. The standard InChI is InChI=1S/C20H19FN2O2/c1-13(11-19(24)14-4-7-17(21)8-5-14)23-20(25)16-6-9-18-15(12-16)3-2-10-22-18/h2-10,12-13,19,24H,11H2,1H3,(H,23,25). The van der Waals surface area contributed by atoms with E-state index in [0.717, 1.165) is 10.9 Å². The molecule has 1 heterocycles. The lowest BCUT2D eigenvalue weighted by atomic mass is 10.0. The molecular formula is C20H19FN2O2. The lowest BCUT2D eigenvalue weighted by Gasteiger charge is -2.18. The minimum absolute atomic E-state index is 0.204. The highest BCUT2D eigenvalue weighted by atomic mass is 19.1. The van der Waals surface area contributed by atoms with Crippen LogP contribution < -0.4 is 5.32 Å². The Labute approximate surface area is 145 Å². The summed E-state index contributed by atoms with van der Waals surface area (Å²) in [5, 5.41) is 14.0. The number of aliphatic hydroxyl groups excluding tert-OH is 1. The van der Waals surface area contributed by atoms with E-state index in [4.69, 9.17) is 0 Å². The van der Waals surface area contributed by atoms with Crippen LogP contribution in [0, 0.1) is 5.82 Å². The van der Waals surface area contributed by atoms with Gasteiger partial charge in [0, 0.05) is 23.2 Å². The minimum Gasteiger partial charge on any atom is -0.388 e. The quantitative estimate of drug-likeness (QED) is 0.747. The Kier molecular flexibility index (Phi) is 5.05. The molecule has 0 aliphatic heterocycles. The summed E-state index contributed by atoms with van der Waals surface area (Å²) in [5.41, 5.74) is 2.00. The van der Waals surface area contributed by atoms with Gasteiger partial charge in [0.1, 0.15) is 5.82 Å². The number of nitrogens with one attached hydrogen (secondary N) is 1. The summed E-state index contributed by atoms with van der Waals surface area (Å²) in [6.07, 6.45) is 1.28. The Balaban J connectivity index is 1.63. The van der Waals surface area contributed by atoms with Crippen molar-refractivity contribution in [2.24, 2.45) is 0 Å². The maximum atomic E-state index is 12.9. The molecule has 2 unspecified atom stereocenters. The third-order valence-corrected chi connectivity index (χ3v) is 4.07. The summed E-state index contributed by atoms with van der Waals surface area (Å²) in [4.78, 5) is 16.6. The topological polar surface area (TPSA) is 62.2 Å². The highest BCUT2D eigenvalue weighted by Gasteiger charge is 2.15. The summed E-state index contributed by atoms with van der Waals surface area (Å²) < 4.78 is 12.9. The third-order valence-electron chi connectivity index (χ3n) is 4.07. The number of carbonyl (C=O) groups is 1. The number of aliphatic hydroxyl groups is 1. The highest BCUT2D eigenvalue weighted by molar-refractivity contribution is 5.98. The first-order valence-corrected chi connectivity index (χ1v) is 8.12. The molecule has 2 atom stereocenters. The Bertz CT molecular complexity index is 880. The minimum atomic E-state index is -0.767. The summed E-state index contributed by atoms with van der Waals surface area (Å²) in [7, 11) is 0. The van der Waals surface area contributed by atoms with Crippen molar-refractivity contribution < 1.29 is 14.3 Å². The molecule has 0 fully saturated rings. The van der Waals surface area contributed by atoms with Crippen LogP contribution in [-0.2, 0) is 0 Å². The number of fused-ring (bicyclic) bond motifs is 1. The Morgan fingerprint density at radius 2 is 1.96 bits per heavy atom. The van der Waals surface area contributed by atoms with Gasteiger partial charge >= 0.3 is 0 Å². The van der Waals surface area contributed by atoms with E-state index in [1.165, 1.54) is 12.1 Å². The van der Waals surface area contributed by atoms with E-state index in [2.05, 4.69) is 10.3 Å². The Morgan fingerprint density at radius 1 is 1.20 bits per heavy atom. The molecule has 0 aliphatic rings. The maximum Gasteiger partial charge on any atom is 0.251 e. The lowest BCUT2D eigenvalue weighted by Crippen LogP contribution is -2.33. The van der Waals surface area contributed by atoms with Gasteiger partial charge in [-0.1, -0.05) is 18.2 Å². The van der Waals surface area contributed by atoms with E-state index in [0.29, 0.717) is 17.5 Å². The molecule has 0 saturated heterocycles. The van der Waals surface area contributed by atoms with Gasteiger partial charge in [0.05, 0.1) is 11.6 Å². The zero-order valence-corrected chi connectivity index (χ0v) is 13.8. The number of hydrogen-bond acceptors (Lipinski definition) is 3. The number of carbonyl (C=O) groups excluding carboxylic acids is 1. The van der Waals surface area contributed by atoms with Crippen molar-refractivity contribution in [1.82, 2.24) is 10.3 Å². The number of aromatic nitrogens is 1. The fourth-order valence-electron chi connectivity index (χ4n) is 2.74. The van der Waals surface area contributed by atoms with Gasteiger partial charge < -0.3 is 10.4 Å². The molecule has 0 saturated carbocycles. The second-order valence-electron chi connectivity index (χ2n) is 6.09. The van der Waals surface area contributed by atoms with Gasteiger partial charge in [-0.3, -0.25) is 9.78 Å². The predicted octanol–water partition coefficient (Wildman–Crippen LogP) is 3.62. The van der Waals surface area contributed by atoms with Crippen LogP contribution in [0.25, 0.3) is 10.9 Å². The monoisotopic (exact) mass is 338 g/mol. The largest absolute Gasteiger partial charge is 0.388 e. The molecule has 128 valence electrons. The second-order valence-corrected chi connectivity index (χ2v) is 6.09. The normalized spacial score (nSPS) is 13.4. The van der Waals surface area contributed by atoms with Crippen LogP contribution in [0.3, 0.4) is 0 Å². The lowest BCUT2D eigenvalue weighted by molar-refractivity contribution is 0.0917. The molecule has 25 heavy (non-hydrogen) atoms. The van der Waals surface area contributed by atoms with Crippen molar-refractivity contribution in [2.75, 3.05) is 0 Å². The molecule has 2 N–H and O–H groups in total. The van der Waals surface area contributed by atoms with E-state index in [1.54, 1.807) is 30.5 Å². The molecular weight excluding hydrogens is 319 g/mol. The summed E-state index contributed by atoms with van der Waals surface area (Å²) >= 11 is 0. The first-order chi connectivity index (χ1) is 12.0. The summed E-state index contributed by atoms with van der Waals surface area (Å²) in [6, 6.07) is 14.5. The van der Waals surface area contributed by atoms with Crippen molar-refractivity contribution >= 4 is 16.8 Å². The highest BCUT2D eigenvalue weighted by Crippen LogP contribution is 2.19. The molecule has 5 heteroatoms. The number of rotatable bonds is 5. The van der Waals surface area contributed by atoms with Crippen LogP contribution in [-0.4, -0.2) is 22.0 Å². The van der Waals surface area contributed by atoms with E-state index in [9.17, 15) is 14.3 Å². The molecule has 0 bridgehead atoms. The van der Waals surface area contributed by atoms with Gasteiger partial charge in [0.15, 0.2) is 0 Å². The smallest absolute Gasteiger partial charge is 0.251 e. The molecule has 0 aliphatic carbocycles. The molecule has 0 spiro atoms. The summed E-state index contributed by atoms with van der Waals surface area (Å²) in [5.74, 6) is -0.548. The van der Waals surface area contributed by atoms with Gasteiger partial charge in [-0.25, -0.2) is 4.39 Å². The van der Waals surface area contributed by atoms with E-state index in [1.807, 2.05) is 25.1 Å². The maximum absolute atomic E-state index is 12.9. The van der Waals surface area contributed by atoms with Crippen LogP contribution in [0.2, 0.25) is 0 Å². The fourth-order valence-corrected chi connectivity index (χ4v) is 2.74. The van der Waals surface area contributed by atoms with E-state index in [-0.39, 0.29) is 17.8 Å². The van der Waals surface area contributed by atoms with Crippen molar-refractivity contribution in [1.29, 1.82) is 0 Å². The zero-order valence-electron chi connectivity index (χ0n) is 13.8. The zero-order chi connectivity index (χ0) is 17.8. The molecule has 2 aromatic carbocycles. The number of nitrogens with zero attached hydrogens (tertiary/aromatic N) is 1. The van der Waals surface area contributed by atoms with Gasteiger partial charge in [-0.05, 0) is 55.3 Å². The van der Waals surface area contributed by atoms with Crippen molar-refractivity contribution in [3.05, 3.63) is 77.7 Å². The molecule has 1 aromatic heterocycles. The van der Waals surface area contributed by atoms with Crippen LogP contribution in [0.4, 0.5) is 4.39 Å². The number of pyridine rings is 1. The van der Waals surface area contributed by atoms with E-state index >= 15 is 0 Å². The van der Waals surface area contributed by atoms with Gasteiger partial charge in [0.25, 0.3) is 5.91 Å². The number of benzene rings is 2. The predicted molar refractivity (Wildman–Crippen MR) is 94.6 cm³/mol. The molecule has 0 radical (unpaired) electrons. The average Bonchev–Trinajstić information content (AvgIpc) is 2.61. The molecule has 1 amide bonds. The summed E-state index contributed by atoms with van der Waals surface area (Å²) in [6.45, 7) is 1.83. The molecule has 4 nitrogen and oxygen atoms in total. The fraction of sp³-hybridized carbons (Fsp3) is 0.200.